The van der Waals surface area contributed by atoms with Crippen molar-refractivity contribution in [2.75, 3.05) is 7.11 Å². The summed E-state index contributed by atoms with van der Waals surface area (Å²) in [6.07, 6.45) is 3.49. The number of ketones is 1. The van der Waals surface area contributed by atoms with E-state index in [2.05, 4.69) is 18.2 Å². The Morgan fingerprint density at radius 3 is 2.19 bits per heavy atom. The molecule has 126 valence electrons. The Morgan fingerprint density at radius 1 is 0.769 bits per heavy atom. The highest BCUT2D eigenvalue weighted by molar-refractivity contribution is 6.12. The number of carbonyl (C=O) groups excluding carboxylic acids is 1. The molecule has 0 radical (unpaired) electrons. The molecule has 4 aromatic rings. The lowest BCUT2D eigenvalue weighted by molar-refractivity contribution is 0.104. The summed E-state index contributed by atoms with van der Waals surface area (Å²) in [7, 11) is 1.60. The van der Waals surface area contributed by atoms with Crippen molar-refractivity contribution in [3.05, 3.63) is 96.1 Å². The van der Waals surface area contributed by atoms with E-state index in [9.17, 15) is 4.79 Å². The second kappa shape index (κ2) is 6.85. The molecule has 0 N–H and O–H groups in total. The monoisotopic (exact) mass is 338 g/mol. The maximum Gasteiger partial charge on any atom is 0.189 e. The lowest BCUT2D eigenvalue weighted by Gasteiger charge is -2.09. The fraction of sp³-hybridized carbons (Fsp3) is 0.0417. The quantitative estimate of drug-likeness (QED) is 0.342. The van der Waals surface area contributed by atoms with Crippen LogP contribution < -0.4 is 4.74 Å². The number of carbonyl (C=O) groups is 1. The van der Waals surface area contributed by atoms with Gasteiger partial charge in [0.05, 0.1) is 12.7 Å². The van der Waals surface area contributed by atoms with Crippen molar-refractivity contribution >= 4 is 33.4 Å². The van der Waals surface area contributed by atoms with E-state index in [-0.39, 0.29) is 5.78 Å². The van der Waals surface area contributed by atoms with Gasteiger partial charge in [-0.05, 0) is 33.9 Å². The van der Waals surface area contributed by atoms with Crippen LogP contribution in [0.5, 0.6) is 5.75 Å². The van der Waals surface area contributed by atoms with E-state index in [4.69, 9.17) is 4.74 Å². The third-order valence-corrected chi connectivity index (χ3v) is 4.59. The molecule has 0 saturated heterocycles. The minimum Gasteiger partial charge on any atom is -0.495 e. The fourth-order valence-corrected chi connectivity index (χ4v) is 3.31. The summed E-state index contributed by atoms with van der Waals surface area (Å²) in [5, 5.41) is 4.29. The molecule has 4 aromatic carbocycles. The average Bonchev–Trinajstić information content (AvgIpc) is 2.71. The van der Waals surface area contributed by atoms with E-state index < -0.39 is 0 Å². The minimum atomic E-state index is -0.0689. The Morgan fingerprint density at radius 2 is 1.42 bits per heavy atom. The smallest absolute Gasteiger partial charge is 0.189 e. The maximum atomic E-state index is 12.8. The third kappa shape index (κ3) is 2.86. The first-order valence-electron chi connectivity index (χ1n) is 8.54. The summed E-state index contributed by atoms with van der Waals surface area (Å²) in [4.78, 5) is 12.8. The zero-order valence-electron chi connectivity index (χ0n) is 14.5. The van der Waals surface area contributed by atoms with Crippen LogP contribution in [0, 0.1) is 0 Å². The van der Waals surface area contributed by atoms with Gasteiger partial charge in [0.1, 0.15) is 5.75 Å². The van der Waals surface area contributed by atoms with Gasteiger partial charge in [0.25, 0.3) is 0 Å². The van der Waals surface area contributed by atoms with Crippen LogP contribution in [-0.2, 0) is 0 Å². The average molecular weight is 338 g/mol. The molecule has 0 atom stereocenters. The Labute approximate surface area is 152 Å². The standard InChI is InChI=1S/C24H18O2/c1-26-24-21-12-5-3-8-19(21)13-15-22(24)23(25)16-14-18-10-6-9-17-7-2-4-11-20(17)18/h2-16H,1H3/b16-14+. The van der Waals surface area contributed by atoms with Crippen LogP contribution in [0.15, 0.2) is 84.9 Å². The Hall–Kier alpha value is -3.39. The molecule has 0 amide bonds. The highest BCUT2D eigenvalue weighted by Crippen LogP contribution is 2.30. The summed E-state index contributed by atoms with van der Waals surface area (Å²) in [5.41, 5.74) is 1.60. The van der Waals surface area contributed by atoms with Gasteiger partial charge in [0, 0.05) is 5.39 Å². The molecule has 0 aliphatic rings. The van der Waals surface area contributed by atoms with Gasteiger partial charge in [0.15, 0.2) is 5.78 Å². The van der Waals surface area contributed by atoms with Crippen molar-refractivity contribution in [2.45, 2.75) is 0 Å². The molecule has 4 rings (SSSR count). The van der Waals surface area contributed by atoms with Crippen LogP contribution in [0.3, 0.4) is 0 Å². The molecule has 0 heterocycles. The molecular weight excluding hydrogens is 320 g/mol. The zero-order chi connectivity index (χ0) is 17.9. The number of allylic oxidation sites excluding steroid dienone is 1. The number of hydrogen-bond acceptors (Lipinski definition) is 2. The van der Waals surface area contributed by atoms with Crippen molar-refractivity contribution < 1.29 is 9.53 Å². The van der Waals surface area contributed by atoms with Gasteiger partial charge in [0.2, 0.25) is 0 Å². The van der Waals surface area contributed by atoms with Gasteiger partial charge in [-0.1, -0.05) is 78.9 Å². The van der Waals surface area contributed by atoms with Crippen LogP contribution in [0.25, 0.3) is 27.6 Å². The number of fused-ring (bicyclic) bond motifs is 2. The van der Waals surface area contributed by atoms with Gasteiger partial charge < -0.3 is 4.74 Å². The number of methoxy groups -OCH3 is 1. The highest BCUT2D eigenvalue weighted by atomic mass is 16.5. The number of rotatable bonds is 4. The molecule has 0 aromatic heterocycles. The molecule has 0 saturated carbocycles. The predicted octanol–water partition coefficient (Wildman–Crippen LogP) is 5.90. The van der Waals surface area contributed by atoms with Gasteiger partial charge in [-0.2, -0.15) is 0 Å². The van der Waals surface area contributed by atoms with Crippen LogP contribution in [0.1, 0.15) is 15.9 Å². The molecule has 2 heteroatoms. The van der Waals surface area contributed by atoms with E-state index >= 15 is 0 Å². The number of hydrogen-bond donors (Lipinski definition) is 0. The normalized spacial score (nSPS) is 11.3. The Bertz CT molecular complexity index is 1130. The summed E-state index contributed by atoms with van der Waals surface area (Å²) >= 11 is 0. The lowest BCUT2D eigenvalue weighted by atomic mass is 10.0. The zero-order valence-corrected chi connectivity index (χ0v) is 14.5. The van der Waals surface area contributed by atoms with Gasteiger partial charge in [-0.15, -0.1) is 0 Å². The lowest BCUT2D eigenvalue weighted by Crippen LogP contribution is -1.99. The van der Waals surface area contributed by atoms with Crippen LogP contribution in [-0.4, -0.2) is 12.9 Å². The first kappa shape index (κ1) is 16.1. The largest absolute Gasteiger partial charge is 0.495 e. The molecule has 0 unspecified atom stereocenters. The van der Waals surface area contributed by atoms with Crippen molar-refractivity contribution in [1.29, 1.82) is 0 Å². The Kier molecular flexibility index (Phi) is 4.24. The molecule has 0 bridgehead atoms. The molecule has 0 aliphatic carbocycles. The SMILES string of the molecule is COc1c(C(=O)/C=C/c2cccc3ccccc23)ccc2ccccc12. The van der Waals surface area contributed by atoms with Gasteiger partial charge in [-0.3, -0.25) is 4.79 Å². The van der Waals surface area contributed by atoms with Crippen molar-refractivity contribution in [1.82, 2.24) is 0 Å². The molecule has 0 aliphatic heterocycles. The first-order chi connectivity index (χ1) is 12.8. The van der Waals surface area contributed by atoms with Crippen LogP contribution in [0.2, 0.25) is 0 Å². The molecule has 2 nitrogen and oxygen atoms in total. The summed E-state index contributed by atoms with van der Waals surface area (Å²) in [6.45, 7) is 0. The van der Waals surface area contributed by atoms with Crippen LogP contribution in [0.4, 0.5) is 0 Å². The molecule has 26 heavy (non-hydrogen) atoms. The Balaban J connectivity index is 1.74. The maximum absolute atomic E-state index is 12.8. The number of ether oxygens (including phenoxy) is 1. The number of benzene rings is 4. The second-order valence-electron chi connectivity index (χ2n) is 6.13. The molecule has 0 fully saturated rings. The van der Waals surface area contributed by atoms with E-state index in [0.29, 0.717) is 11.3 Å². The molecular formula is C24H18O2. The van der Waals surface area contributed by atoms with Crippen molar-refractivity contribution in [3.8, 4) is 5.75 Å². The third-order valence-electron chi connectivity index (χ3n) is 4.59. The highest BCUT2D eigenvalue weighted by Gasteiger charge is 2.13. The van der Waals surface area contributed by atoms with E-state index in [1.54, 1.807) is 13.2 Å². The minimum absolute atomic E-state index is 0.0689. The first-order valence-corrected chi connectivity index (χ1v) is 8.54. The van der Waals surface area contributed by atoms with E-state index in [0.717, 1.165) is 27.1 Å². The summed E-state index contributed by atoms with van der Waals surface area (Å²) in [5.74, 6) is 0.552. The van der Waals surface area contributed by atoms with Gasteiger partial charge in [-0.25, -0.2) is 0 Å². The second-order valence-corrected chi connectivity index (χ2v) is 6.13. The van der Waals surface area contributed by atoms with Crippen molar-refractivity contribution in [3.63, 3.8) is 0 Å². The van der Waals surface area contributed by atoms with E-state index in [1.165, 1.54) is 0 Å². The summed E-state index contributed by atoms with van der Waals surface area (Å²) in [6, 6.07) is 25.9. The van der Waals surface area contributed by atoms with Crippen LogP contribution >= 0.6 is 0 Å². The topological polar surface area (TPSA) is 26.3 Å². The molecule has 0 spiro atoms. The van der Waals surface area contributed by atoms with Gasteiger partial charge >= 0.3 is 0 Å². The van der Waals surface area contributed by atoms with E-state index in [1.807, 2.05) is 66.7 Å². The van der Waals surface area contributed by atoms with Crippen molar-refractivity contribution in [2.24, 2.45) is 0 Å². The predicted molar refractivity (Wildman–Crippen MR) is 108 cm³/mol. The fourth-order valence-electron chi connectivity index (χ4n) is 3.31. The summed E-state index contributed by atoms with van der Waals surface area (Å²) < 4.78 is 5.55.